The van der Waals surface area contributed by atoms with Crippen molar-refractivity contribution in [2.45, 2.75) is 31.2 Å². The predicted molar refractivity (Wildman–Crippen MR) is 86.5 cm³/mol. The van der Waals surface area contributed by atoms with E-state index in [1.165, 1.54) is 5.56 Å². The highest BCUT2D eigenvalue weighted by Crippen LogP contribution is 2.42. The maximum Gasteiger partial charge on any atom is 0.151 e. The summed E-state index contributed by atoms with van der Waals surface area (Å²) in [5.41, 5.74) is 2.56. The van der Waals surface area contributed by atoms with Gasteiger partial charge in [0.05, 0.1) is 6.07 Å². The van der Waals surface area contributed by atoms with Gasteiger partial charge in [0.25, 0.3) is 0 Å². The number of benzene rings is 2. The van der Waals surface area contributed by atoms with E-state index in [1.54, 1.807) is 0 Å². The summed E-state index contributed by atoms with van der Waals surface area (Å²) in [6, 6.07) is 18.3. The number of nitrogens with zero attached hydrogens (tertiary/aromatic N) is 1. The predicted octanol–water partition coefficient (Wildman–Crippen LogP) is 5.07. The Balaban J connectivity index is 2.06. The minimum Gasteiger partial charge on any atom is -0.364 e. The molecule has 21 heavy (non-hydrogen) atoms. The first-order chi connectivity index (χ1) is 10.1. The van der Waals surface area contributed by atoms with Crippen LogP contribution in [0.1, 0.15) is 36.8 Å². The molecule has 0 radical (unpaired) electrons. The molecule has 0 bridgehead atoms. The van der Waals surface area contributed by atoms with Gasteiger partial charge in [-0.05, 0) is 48.1 Å². The monoisotopic (exact) mass is 296 g/mol. The number of nitrogens with one attached hydrogen (secondary N) is 1. The van der Waals surface area contributed by atoms with E-state index in [4.69, 9.17) is 11.6 Å². The molecule has 2 aromatic carbocycles. The normalized spacial score (nSPS) is 24.0. The third-order valence-corrected chi connectivity index (χ3v) is 4.51. The van der Waals surface area contributed by atoms with Gasteiger partial charge < -0.3 is 5.32 Å². The van der Waals surface area contributed by atoms with Crippen molar-refractivity contribution in [3.63, 3.8) is 0 Å². The summed E-state index contributed by atoms with van der Waals surface area (Å²) >= 11 is 6.05. The molecule has 2 aromatic rings. The molecule has 1 aliphatic carbocycles. The maximum atomic E-state index is 9.86. The molecule has 0 saturated heterocycles. The van der Waals surface area contributed by atoms with Crippen molar-refractivity contribution in [3.8, 4) is 6.07 Å². The van der Waals surface area contributed by atoms with Gasteiger partial charge in [-0.2, -0.15) is 5.26 Å². The van der Waals surface area contributed by atoms with Crippen LogP contribution >= 0.6 is 11.6 Å². The fourth-order valence-corrected chi connectivity index (χ4v) is 3.32. The molecule has 3 rings (SSSR count). The van der Waals surface area contributed by atoms with Crippen LogP contribution in [0.2, 0.25) is 5.02 Å². The van der Waals surface area contributed by atoms with E-state index in [1.807, 2.05) is 36.4 Å². The molecular formula is C18H17ClN2. The van der Waals surface area contributed by atoms with E-state index < -0.39 is 5.54 Å². The molecule has 1 aliphatic rings. The third kappa shape index (κ3) is 2.50. The first-order valence-electron chi connectivity index (χ1n) is 7.19. The van der Waals surface area contributed by atoms with Crippen LogP contribution in [-0.4, -0.2) is 0 Å². The Morgan fingerprint density at radius 2 is 2.05 bits per heavy atom. The van der Waals surface area contributed by atoms with Crippen molar-refractivity contribution < 1.29 is 0 Å². The first-order valence-corrected chi connectivity index (χ1v) is 7.57. The fraction of sp³-hybridized carbons (Fsp3) is 0.278. The average molecular weight is 297 g/mol. The van der Waals surface area contributed by atoms with Crippen LogP contribution in [0.25, 0.3) is 0 Å². The van der Waals surface area contributed by atoms with Gasteiger partial charge in [-0.25, -0.2) is 0 Å². The lowest BCUT2D eigenvalue weighted by atomic mass is 9.73. The van der Waals surface area contributed by atoms with Crippen molar-refractivity contribution in [1.82, 2.24) is 0 Å². The average Bonchev–Trinajstić information content (AvgIpc) is 2.51. The molecule has 0 aromatic heterocycles. The molecule has 0 saturated carbocycles. The number of halogens is 1. The van der Waals surface area contributed by atoms with Gasteiger partial charge in [-0.3, -0.25) is 0 Å². The number of rotatable bonds is 2. The van der Waals surface area contributed by atoms with Gasteiger partial charge in [0.15, 0.2) is 5.54 Å². The smallest absolute Gasteiger partial charge is 0.151 e. The zero-order valence-electron chi connectivity index (χ0n) is 11.9. The number of anilines is 1. The van der Waals surface area contributed by atoms with Crippen LogP contribution in [0.3, 0.4) is 0 Å². The summed E-state index contributed by atoms with van der Waals surface area (Å²) < 4.78 is 0. The molecular weight excluding hydrogens is 280 g/mol. The lowest BCUT2D eigenvalue weighted by Crippen LogP contribution is -2.38. The van der Waals surface area contributed by atoms with E-state index >= 15 is 0 Å². The second-order valence-electron chi connectivity index (χ2n) is 5.68. The van der Waals surface area contributed by atoms with Gasteiger partial charge in [0.1, 0.15) is 0 Å². The second kappa shape index (κ2) is 5.42. The molecule has 3 heteroatoms. The largest absolute Gasteiger partial charge is 0.364 e. The second-order valence-corrected chi connectivity index (χ2v) is 6.12. The number of fused-ring (bicyclic) bond motifs is 1. The Labute approximate surface area is 130 Å². The molecule has 1 N–H and O–H groups in total. The summed E-state index contributed by atoms with van der Waals surface area (Å²) in [7, 11) is 0. The Kier molecular flexibility index (Phi) is 3.61. The standard InChI is InChI=1S/C18H17ClN2/c1-13-9-10-18(12-20,17-8-3-2-7-16(13)17)21-15-6-4-5-14(19)11-15/h2-8,11,13,21H,9-10H2,1H3. The highest BCUT2D eigenvalue weighted by atomic mass is 35.5. The molecule has 2 atom stereocenters. The molecule has 0 amide bonds. The van der Waals surface area contributed by atoms with Crippen molar-refractivity contribution in [2.24, 2.45) is 0 Å². The van der Waals surface area contributed by atoms with Crippen LogP contribution in [-0.2, 0) is 5.54 Å². The molecule has 0 fully saturated rings. The summed E-state index contributed by atoms with van der Waals surface area (Å²) in [5.74, 6) is 0.490. The topological polar surface area (TPSA) is 35.8 Å². The Morgan fingerprint density at radius 1 is 1.24 bits per heavy atom. The van der Waals surface area contributed by atoms with Crippen LogP contribution < -0.4 is 5.32 Å². The Hall–Kier alpha value is -1.98. The summed E-state index contributed by atoms with van der Waals surface area (Å²) in [5, 5.41) is 13.9. The number of hydrogen-bond acceptors (Lipinski definition) is 2. The number of nitriles is 1. The Bertz CT molecular complexity index is 704. The maximum absolute atomic E-state index is 9.86. The minimum atomic E-state index is -0.673. The summed E-state index contributed by atoms with van der Waals surface area (Å²) in [6.07, 6.45) is 1.80. The van der Waals surface area contributed by atoms with Gasteiger partial charge in [-0.15, -0.1) is 0 Å². The van der Waals surface area contributed by atoms with Gasteiger partial charge in [0.2, 0.25) is 0 Å². The molecule has 0 spiro atoms. The van der Waals surface area contributed by atoms with E-state index in [-0.39, 0.29) is 0 Å². The van der Waals surface area contributed by atoms with E-state index in [2.05, 4.69) is 30.4 Å². The van der Waals surface area contributed by atoms with Crippen molar-refractivity contribution >= 4 is 17.3 Å². The van der Waals surface area contributed by atoms with Gasteiger partial charge in [0, 0.05) is 10.7 Å². The first kappa shape index (κ1) is 14.0. The van der Waals surface area contributed by atoms with E-state index in [0.29, 0.717) is 10.9 Å². The number of hydrogen-bond donors (Lipinski definition) is 1. The van der Waals surface area contributed by atoms with Crippen LogP contribution in [0.5, 0.6) is 0 Å². The van der Waals surface area contributed by atoms with Crippen molar-refractivity contribution in [1.29, 1.82) is 5.26 Å². The fourth-order valence-electron chi connectivity index (χ4n) is 3.13. The van der Waals surface area contributed by atoms with E-state index in [9.17, 15) is 5.26 Å². The molecule has 2 nitrogen and oxygen atoms in total. The summed E-state index contributed by atoms with van der Waals surface area (Å²) in [6.45, 7) is 2.22. The van der Waals surface area contributed by atoms with Crippen LogP contribution in [0, 0.1) is 11.3 Å². The zero-order valence-corrected chi connectivity index (χ0v) is 12.7. The van der Waals surface area contributed by atoms with E-state index in [0.717, 1.165) is 24.1 Å². The summed E-state index contributed by atoms with van der Waals surface area (Å²) in [4.78, 5) is 0. The quantitative estimate of drug-likeness (QED) is 0.840. The van der Waals surface area contributed by atoms with Gasteiger partial charge >= 0.3 is 0 Å². The Morgan fingerprint density at radius 3 is 2.81 bits per heavy atom. The van der Waals surface area contributed by atoms with Crippen molar-refractivity contribution in [3.05, 3.63) is 64.7 Å². The van der Waals surface area contributed by atoms with Crippen LogP contribution in [0.15, 0.2) is 48.5 Å². The lowest BCUT2D eigenvalue weighted by molar-refractivity contribution is 0.462. The lowest BCUT2D eigenvalue weighted by Gasteiger charge is -2.37. The SMILES string of the molecule is CC1CCC(C#N)(Nc2cccc(Cl)c2)c2ccccc21. The molecule has 106 valence electrons. The molecule has 0 heterocycles. The van der Waals surface area contributed by atoms with Crippen LogP contribution in [0.4, 0.5) is 5.69 Å². The third-order valence-electron chi connectivity index (χ3n) is 4.28. The highest BCUT2D eigenvalue weighted by molar-refractivity contribution is 6.30. The highest BCUT2D eigenvalue weighted by Gasteiger charge is 2.38. The molecule has 0 aliphatic heterocycles. The molecule has 2 unspecified atom stereocenters. The minimum absolute atomic E-state index is 0.490. The van der Waals surface area contributed by atoms with Crippen molar-refractivity contribution in [2.75, 3.05) is 5.32 Å². The zero-order chi connectivity index (χ0) is 14.9. The van der Waals surface area contributed by atoms with Gasteiger partial charge in [-0.1, -0.05) is 48.9 Å².